The van der Waals surface area contributed by atoms with Crippen LogP contribution in [0.3, 0.4) is 0 Å². The van der Waals surface area contributed by atoms with Gasteiger partial charge in [-0.05, 0) is 50.2 Å². The van der Waals surface area contributed by atoms with Gasteiger partial charge in [0.25, 0.3) is 5.69 Å². The van der Waals surface area contributed by atoms with Crippen LogP contribution in [0.2, 0.25) is 0 Å². The average molecular weight is 475 g/mol. The molecule has 0 aliphatic carbocycles. The van der Waals surface area contributed by atoms with Gasteiger partial charge in [-0.2, -0.15) is 0 Å². The number of ether oxygens (including phenoxy) is 1. The summed E-state index contributed by atoms with van der Waals surface area (Å²) in [4.78, 5) is 25.7. The number of nitrogens with zero attached hydrogens (tertiary/aromatic N) is 5. The second-order valence-corrected chi connectivity index (χ2v) is 9.75. The van der Waals surface area contributed by atoms with Gasteiger partial charge in [0.1, 0.15) is 5.69 Å². The summed E-state index contributed by atoms with van der Waals surface area (Å²) in [5.41, 5.74) is 0.840. The molecule has 1 N–H and O–H groups in total. The molecule has 0 unspecified atom stereocenters. The Morgan fingerprint density at radius 3 is 2.79 bits per heavy atom. The topological polar surface area (TPSA) is 115 Å². The summed E-state index contributed by atoms with van der Waals surface area (Å²) in [5, 5.41) is 23.5. The van der Waals surface area contributed by atoms with Gasteiger partial charge in [-0.25, -0.2) is 0 Å². The first kappa shape index (κ1) is 23.5. The summed E-state index contributed by atoms with van der Waals surface area (Å²) >= 11 is 1.29. The number of aromatic nitrogens is 3. The monoisotopic (exact) mass is 474 g/mol. The number of hydrogen-bond acceptors (Lipinski definition) is 8. The highest BCUT2D eigenvalue weighted by molar-refractivity contribution is 7.99. The number of amides is 1. The molecule has 0 bridgehead atoms. The first-order valence-electron chi connectivity index (χ1n) is 11.4. The van der Waals surface area contributed by atoms with E-state index in [0.29, 0.717) is 17.6 Å². The Morgan fingerprint density at radius 1 is 1.30 bits per heavy atom. The minimum Gasteiger partial charge on any atom is -0.376 e. The fourth-order valence-electron chi connectivity index (χ4n) is 4.20. The van der Waals surface area contributed by atoms with Crippen LogP contribution in [0.5, 0.6) is 0 Å². The molecular formula is C22H30N6O4S. The van der Waals surface area contributed by atoms with Gasteiger partial charge in [0.15, 0.2) is 5.16 Å². The van der Waals surface area contributed by atoms with E-state index in [0.717, 1.165) is 56.9 Å². The van der Waals surface area contributed by atoms with Gasteiger partial charge in [-0.1, -0.05) is 24.8 Å². The third-order valence-electron chi connectivity index (χ3n) is 6.13. The van der Waals surface area contributed by atoms with Gasteiger partial charge in [0.05, 0.1) is 23.3 Å². The van der Waals surface area contributed by atoms with Crippen LogP contribution in [0.1, 0.15) is 38.2 Å². The van der Waals surface area contributed by atoms with Gasteiger partial charge >= 0.3 is 0 Å². The van der Waals surface area contributed by atoms with Crippen LogP contribution in [0, 0.1) is 23.0 Å². The fraction of sp³-hybridized carbons (Fsp3) is 0.591. The van der Waals surface area contributed by atoms with Crippen LogP contribution < -0.4 is 10.2 Å². The van der Waals surface area contributed by atoms with Crippen molar-refractivity contribution in [3.63, 3.8) is 0 Å². The number of nitro groups is 1. The lowest BCUT2D eigenvalue weighted by molar-refractivity contribution is -0.384. The molecule has 4 rings (SSSR count). The number of aryl methyl sites for hydroxylation is 1. The standard InChI is InChI=1S/C22H30N6O4S/c1-15-7-9-26(10-8-15)21-24-25-22(27(21)13-17-4-3-11-32-17)33-14-20(29)23-18-6-5-16(2)12-19(18)28(30)31/h5-6,12,15,17H,3-4,7-11,13-14H2,1-2H3,(H,23,29)/t17-/m1/s1. The highest BCUT2D eigenvalue weighted by Gasteiger charge is 2.26. The number of piperidine rings is 1. The van der Waals surface area contributed by atoms with Crippen molar-refractivity contribution in [2.45, 2.75) is 57.3 Å². The Bertz CT molecular complexity index is 999. The third kappa shape index (κ3) is 5.83. The van der Waals surface area contributed by atoms with Crippen molar-refractivity contribution in [2.24, 2.45) is 5.92 Å². The summed E-state index contributed by atoms with van der Waals surface area (Å²) in [7, 11) is 0. The van der Waals surface area contributed by atoms with Gasteiger partial charge in [-0.3, -0.25) is 19.5 Å². The molecule has 2 aliphatic heterocycles. The number of carbonyl (C=O) groups excluding carboxylic acids is 1. The Hall–Kier alpha value is -2.66. The van der Waals surface area contributed by atoms with Gasteiger partial charge in [0.2, 0.25) is 11.9 Å². The van der Waals surface area contributed by atoms with E-state index in [-0.39, 0.29) is 29.1 Å². The molecule has 0 radical (unpaired) electrons. The SMILES string of the molecule is Cc1ccc(NC(=O)CSc2nnc(N3CCC(C)CC3)n2C[C@H]2CCCO2)c([N+](=O)[O-])c1. The number of hydrogen-bond donors (Lipinski definition) is 1. The average Bonchev–Trinajstić information content (AvgIpc) is 3.44. The maximum absolute atomic E-state index is 12.6. The first-order chi connectivity index (χ1) is 15.9. The summed E-state index contributed by atoms with van der Waals surface area (Å²) in [6, 6.07) is 4.75. The molecule has 1 aromatic heterocycles. The Labute approximate surface area is 197 Å². The van der Waals surface area contributed by atoms with Crippen molar-refractivity contribution in [3.05, 3.63) is 33.9 Å². The number of nitrogens with one attached hydrogen (secondary N) is 1. The number of nitro benzene ring substituents is 1. The normalized spacial score (nSPS) is 19.1. The van der Waals surface area contributed by atoms with Crippen LogP contribution in [0.4, 0.5) is 17.3 Å². The lowest BCUT2D eigenvalue weighted by Crippen LogP contribution is -2.35. The quantitative estimate of drug-likeness (QED) is 0.350. The molecule has 0 spiro atoms. The smallest absolute Gasteiger partial charge is 0.293 e. The molecule has 1 atom stereocenters. The molecule has 10 nitrogen and oxygen atoms in total. The van der Waals surface area contributed by atoms with E-state index in [2.05, 4.69) is 31.9 Å². The predicted molar refractivity (Wildman–Crippen MR) is 127 cm³/mol. The maximum atomic E-state index is 12.6. The zero-order valence-electron chi connectivity index (χ0n) is 19.0. The van der Waals surface area contributed by atoms with E-state index in [1.165, 1.54) is 17.8 Å². The number of benzene rings is 1. The van der Waals surface area contributed by atoms with Crippen molar-refractivity contribution in [1.29, 1.82) is 0 Å². The summed E-state index contributed by atoms with van der Waals surface area (Å²) in [6.45, 7) is 7.34. The molecule has 33 heavy (non-hydrogen) atoms. The van der Waals surface area contributed by atoms with E-state index < -0.39 is 4.92 Å². The Morgan fingerprint density at radius 2 is 2.09 bits per heavy atom. The highest BCUT2D eigenvalue weighted by atomic mass is 32.2. The lowest BCUT2D eigenvalue weighted by Gasteiger charge is -2.31. The Kier molecular flexibility index (Phi) is 7.49. The van der Waals surface area contributed by atoms with Crippen LogP contribution in [0.15, 0.2) is 23.4 Å². The molecule has 2 aliphatic rings. The molecule has 1 amide bonds. The van der Waals surface area contributed by atoms with E-state index >= 15 is 0 Å². The molecule has 1 aromatic carbocycles. The molecule has 11 heteroatoms. The minimum atomic E-state index is -0.486. The van der Waals surface area contributed by atoms with Crippen LogP contribution in [0.25, 0.3) is 0 Å². The van der Waals surface area contributed by atoms with E-state index in [1.54, 1.807) is 19.1 Å². The van der Waals surface area contributed by atoms with Crippen molar-refractivity contribution < 1.29 is 14.5 Å². The molecule has 2 saturated heterocycles. The van der Waals surface area contributed by atoms with Crippen molar-refractivity contribution in [3.8, 4) is 0 Å². The molecule has 178 valence electrons. The summed E-state index contributed by atoms with van der Waals surface area (Å²) in [5.74, 6) is 1.28. The fourth-order valence-corrected chi connectivity index (χ4v) is 4.94. The van der Waals surface area contributed by atoms with Gasteiger partial charge in [0, 0.05) is 25.8 Å². The second-order valence-electron chi connectivity index (χ2n) is 8.81. The molecule has 3 heterocycles. The van der Waals surface area contributed by atoms with Crippen molar-refractivity contribution in [2.75, 3.05) is 35.7 Å². The largest absolute Gasteiger partial charge is 0.376 e. The van der Waals surface area contributed by atoms with Crippen LogP contribution in [-0.2, 0) is 16.1 Å². The minimum absolute atomic E-state index is 0.0751. The molecule has 2 aromatic rings. The van der Waals surface area contributed by atoms with Crippen LogP contribution in [-0.4, -0.2) is 57.1 Å². The van der Waals surface area contributed by atoms with Crippen LogP contribution >= 0.6 is 11.8 Å². The third-order valence-corrected chi connectivity index (χ3v) is 7.10. The number of rotatable bonds is 8. The summed E-state index contributed by atoms with van der Waals surface area (Å²) < 4.78 is 7.91. The lowest BCUT2D eigenvalue weighted by atomic mass is 10.00. The number of anilines is 2. The van der Waals surface area contributed by atoms with E-state index in [4.69, 9.17) is 4.74 Å². The zero-order chi connectivity index (χ0) is 23.4. The first-order valence-corrected chi connectivity index (χ1v) is 12.4. The summed E-state index contributed by atoms with van der Waals surface area (Å²) in [6.07, 6.45) is 4.40. The van der Waals surface area contributed by atoms with Gasteiger partial charge < -0.3 is 15.0 Å². The second kappa shape index (κ2) is 10.5. The maximum Gasteiger partial charge on any atom is 0.293 e. The number of carbonyl (C=O) groups is 1. The molecule has 2 fully saturated rings. The zero-order valence-corrected chi connectivity index (χ0v) is 19.8. The number of thioether (sulfide) groups is 1. The molecular weight excluding hydrogens is 444 g/mol. The van der Waals surface area contributed by atoms with Gasteiger partial charge in [-0.15, -0.1) is 10.2 Å². The highest BCUT2D eigenvalue weighted by Crippen LogP contribution is 2.29. The van der Waals surface area contributed by atoms with E-state index in [9.17, 15) is 14.9 Å². The van der Waals surface area contributed by atoms with E-state index in [1.807, 2.05) is 0 Å². The Balaban J connectivity index is 1.46. The molecule has 0 saturated carbocycles. The predicted octanol–water partition coefficient (Wildman–Crippen LogP) is 3.64. The van der Waals surface area contributed by atoms with Crippen molar-refractivity contribution in [1.82, 2.24) is 14.8 Å². The van der Waals surface area contributed by atoms with Crippen molar-refractivity contribution >= 4 is 35.0 Å².